The van der Waals surface area contributed by atoms with Gasteiger partial charge in [0.05, 0.1) is 14.2 Å². The average Bonchev–Trinajstić information content (AvgIpc) is 2.45. The lowest BCUT2D eigenvalue weighted by Gasteiger charge is -2.11. The van der Waals surface area contributed by atoms with Crippen molar-refractivity contribution in [1.29, 1.82) is 0 Å². The zero-order chi connectivity index (χ0) is 14.7. The van der Waals surface area contributed by atoms with Crippen molar-refractivity contribution in [1.82, 2.24) is 9.97 Å². The summed E-state index contributed by atoms with van der Waals surface area (Å²) in [6.07, 6.45) is 1.78. The van der Waals surface area contributed by atoms with E-state index in [1.807, 2.05) is 32.0 Å². The molecule has 1 heterocycles. The monoisotopic (exact) mass is 273 g/mol. The van der Waals surface area contributed by atoms with E-state index in [1.165, 1.54) is 0 Å². The van der Waals surface area contributed by atoms with E-state index in [-0.39, 0.29) is 6.04 Å². The zero-order valence-electron chi connectivity index (χ0n) is 12.2. The minimum atomic E-state index is -0.0746. The molecule has 106 valence electrons. The zero-order valence-corrected chi connectivity index (χ0v) is 12.2. The Morgan fingerprint density at radius 1 is 1.15 bits per heavy atom. The summed E-state index contributed by atoms with van der Waals surface area (Å²) >= 11 is 0. The molecule has 0 fully saturated rings. The fourth-order valence-corrected chi connectivity index (χ4v) is 2.04. The third-order valence-corrected chi connectivity index (χ3v) is 3.15. The Labute approximate surface area is 118 Å². The summed E-state index contributed by atoms with van der Waals surface area (Å²) in [5.41, 5.74) is 8.59. The molecular weight excluding hydrogens is 254 g/mol. The van der Waals surface area contributed by atoms with Crippen molar-refractivity contribution in [3.63, 3.8) is 0 Å². The number of hydrogen-bond donors (Lipinski definition) is 1. The van der Waals surface area contributed by atoms with E-state index in [2.05, 4.69) is 9.97 Å². The highest BCUT2D eigenvalue weighted by molar-refractivity contribution is 5.61. The predicted molar refractivity (Wildman–Crippen MR) is 77.9 cm³/mol. The number of rotatable bonds is 4. The molecule has 20 heavy (non-hydrogen) atoms. The number of aryl methyl sites for hydroxylation is 1. The van der Waals surface area contributed by atoms with Gasteiger partial charge in [0.15, 0.2) is 17.3 Å². The Kier molecular flexibility index (Phi) is 4.20. The van der Waals surface area contributed by atoms with Crippen molar-refractivity contribution in [3.05, 3.63) is 35.7 Å². The Balaban J connectivity index is 2.44. The van der Waals surface area contributed by atoms with Gasteiger partial charge in [0.25, 0.3) is 0 Å². The molecule has 2 rings (SSSR count). The van der Waals surface area contributed by atoms with Crippen LogP contribution in [0.1, 0.15) is 24.2 Å². The van der Waals surface area contributed by atoms with Crippen LogP contribution in [0.5, 0.6) is 11.5 Å². The second kappa shape index (κ2) is 5.88. The summed E-state index contributed by atoms with van der Waals surface area (Å²) in [7, 11) is 3.21. The number of nitrogens with zero attached hydrogens (tertiary/aromatic N) is 2. The van der Waals surface area contributed by atoms with Crippen molar-refractivity contribution in [2.75, 3.05) is 14.2 Å². The van der Waals surface area contributed by atoms with Crippen LogP contribution in [0, 0.1) is 6.92 Å². The molecule has 0 spiro atoms. The SMILES string of the molecule is COc1ccc(-c2ncc(C(C)N)c(C)n2)cc1OC. The van der Waals surface area contributed by atoms with Gasteiger partial charge in [0, 0.05) is 29.1 Å². The van der Waals surface area contributed by atoms with Gasteiger partial charge in [-0.2, -0.15) is 0 Å². The van der Waals surface area contributed by atoms with Crippen molar-refractivity contribution < 1.29 is 9.47 Å². The van der Waals surface area contributed by atoms with Gasteiger partial charge >= 0.3 is 0 Å². The molecule has 1 atom stereocenters. The fourth-order valence-electron chi connectivity index (χ4n) is 2.04. The van der Waals surface area contributed by atoms with Gasteiger partial charge in [0.2, 0.25) is 0 Å². The predicted octanol–water partition coefficient (Wildman–Crippen LogP) is 2.49. The molecule has 5 heteroatoms. The number of nitrogens with two attached hydrogens (primary N) is 1. The number of ether oxygens (including phenoxy) is 2. The first-order valence-corrected chi connectivity index (χ1v) is 6.38. The van der Waals surface area contributed by atoms with Crippen LogP contribution in [0.25, 0.3) is 11.4 Å². The van der Waals surface area contributed by atoms with Crippen LogP contribution < -0.4 is 15.2 Å². The lowest BCUT2D eigenvalue weighted by atomic mass is 10.1. The number of benzene rings is 1. The van der Waals surface area contributed by atoms with E-state index < -0.39 is 0 Å². The van der Waals surface area contributed by atoms with Crippen LogP contribution in [-0.2, 0) is 0 Å². The van der Waals surface area contributed by atoms with Gasteiger partial charge in [-0.3, -0.25) is 0 Å². The molecule has 1 aromatic heterocycles. The Morgan fingerprint density at radius 2 is 1.85 bits per heavy atom. The molecule has 0 radical (unpaired) electrons. The van der Waals surface area contributed by atoms with Crippen LogP contribution in [0.3, 0.4) is 0 Å². The first-order valence-electron chi connectivity index (χ1n) is 6.38. The van der Waals surface area contributed by atoms with Crippen LogP contribution in [0.2, 0.25) is 0 Å². The normalized spacial score (nSPS) is 12.1. The van der Waals surface area contributed by atoms with E-state index in [0.29, 0.717) is 17.3 Å². The van der Waals surface area contributed by atoms with Gasteiger partial charge in [-0.15, -0.1) is 0 Å². The van der Waals surface area contributed by atoms with Crippen molar-refractivity contribution >= 4 is 0 Å². The number of methoxy groups -OCH3 is 2. The smallest absolute Gasteiger partial charge is 0.161 e. The summed E-state index contributed by atoms with van der Waals surface area (Å²) in [5.74, 6) is 1.98. The van der Waals surface area contributed by atoms with E-state index in [1.54, 1.807) is 20.4 Å². The Morgan fingerprint density at radius 3 is 2.40 bits per heavy atom. The van der Waals surface area contributed by atoms with E-state index in [0.717, 1.165) is 16.8 Å². The van der Waals surface area contributed by atoms with Gasteiger partial charge in [-0.05, 0) is 32.0 Å². The summed E-state index contributed by atoms with van der Waals surface area (Å²) in [6, 6.07) is 5.53. The second-order valence-corrected chi connectivity index (χ2v) is 4.59. The first-order chi connectivity index (χ1) is 9.56. The third-order valence-electron chi connectivity index (χ3n) is 3.15. The molecule has 0 aliphatic heterocycles. The molecule has 0 aliphatic carbocycles. The van der Waals surface area contributed by atoms with Crippen LogP contribution in [0.4, 0.5) is 0 Å². The summed E-state index contributed by atoms with van der Waals surface area (Å²) in [4.78, 5) is 8.88. The topological polar surface area (TPSA) is 70.3 Å². The Bertz CT molecular complexity index is 612. The van der Waals surface area contributed by atoms with E-state index in [4.69, 9.17) is 15.2 Å². The average molecular weight is 273 g/mol. The van der Waals surface area contributed by atoms with Crippen LogP contribution >= 0.6 is 0 Å². The molecule has 1 unspecified atom stereocenters. The molecule has 1 aromatic carbocycles. The second-order valence-electron chi connectivity index (χ2n) is 4.59. The van der Waals surface area contributed by atoms with Gasteiger partial charge in [-0.25, -0.2) is 9.97 Å². The minimum Gasteiger partial charge on any atom is -0.493 e. The molecule has 0 saturated carbocycles. The van der Waals surface area contributed by atoms with Crippen LogP contribution in [0.15, 0.2) is 24.4 Å². The molecule has 0 saturated heterocycles. The van der Waals surface area contributed by atoms with Crippen molar-refractivity contribution in [2.45, 2.75) is 19.9 Å². The highest BCUT2D eigenvalue weighted by Crippen LogP contribution is 2.31. The third kappa shape index (κ3) is 2.72. The fraction of sp³-hybridized carbons (Fsp3) is 0.333. The standard InChI is InChI=1S/C15H19N3O2/c1-9(16)12-8-17-15(18-10(12)2)11-5-6-13(19-3)14(7-11)20-4/h5-9H,16H2,1-4H3. The number of aromatic nitrogens is 2. The molecule has 0 amide bonds. The van der Waals surface area contributed by atoms with Gasteiger partial charge in [0.1, 0.15) is 0 Å². The lowest BCUT2D eigenvalue weighted by molar-refractivity contribution is 0.355. The molecular formula is C15H19N3O2. The molecule has 5 nitrogen and oxygen atoms in total. The summed E-state index contributed by atoms with van der Waals surface area (Å²) < 4.78 is 10.5. The lowest BCUT2D eigenvalue weighted by Crippen LogP contribution is -2.09. The molecule has 2 aromatic rings. The van der Waals surface area contributed by atoms with Gasteiger partial charge < -0.3 is 15.2 Å². The summed E-state index contributed by atoms with van der Waals surface area (Å²) in [6.45, 7) is 3.85. The first kappa shape index (κ1) is 14.3. The molecule has 0 bridgehead atoms. The number of hydrogen-bond acceptors (Lipinski definition) is 5. The molecule has 0 aliphatic rings. The van der Waals surface area contributed by atoms with E-state index >= 15 is 0 Å². The maximum atomic E-state index is 5.87. The molecule has 2 N–H and O–H groups in total. The maximum absolute atomic E-state index is 5.87. The largest absolute Gasteiger partial charge is 0.493 e. The highest BCUT2D eigenvalue weighted by atomic mass is 16.5. The van der Waals surface area contributed by atoms with Crippen LogP contribution in [-0.4, -0.2) is 24.2 Å². The summed E-state index contributed by atoms with van der Waals surface area (Å²) in [5, 5.41) is 0. The minimum absolute atomic E-state index is 0.0746. The quantitative estimate of drug-likeness (QED) is 0.926. The maximum Gasteiger partial charge on any atom is 0.161 e. The van der Waals surface area contributed by atoms with Crippen molar-refractivity contribution in [3.8, 4) is 22.9 Å². The van der Waals surface area contributed by atoms with Crippen molar-refractivity contribution in [2.24, 2.45) is 5.73 Å². The van der Waals surface area contributed by atoms with E-state index in [9.17, 15) is 0 Å². The Hall–Kier alpha value is -2.14. The van der Waals surface area contributed by atoms with Gasteiger partial charge in [-0.1, -0.05) is 0 Å². The highest BCUT2D eigenvalue weighted by Gasteiger charge is 2.11.